The third-order valence-electron chi connectivity index (χ3n) is 2.77. The van der Waals surface area contributed by atoms with Gasteiger partial charge in [-0.15, -0.1) is 11.6 Å². The predicted molar refractivity (Wildman–Crippen MR) is 83.9 cm³/mol. The van der Waals surface area contributed by atoms with Crippen LogP contribution < -0.4 is 0 Å². The highest BCUT2D eigenvalue weighted by molar-refractivity contribution is 6.32. The van der Waals surface area contributed by atoms with E-state index >= 15 is 0 Å². The summed E-state index contributed by atoms with van der Waals surface area (Å²) in [5, 5.41) is 3.54. The number of ether oxygens (including phenoxy) is 1. The number of rotatable bonds is 5. The van der Waals surface area contributed by atoms with E-state index in [4.69, 9.17) is 32.8 Å². The molecule has 0 radical (unpaired) electrons. The Morgan fingerprint density at radius 1 is 1.29 bits per heavy atom. The van der Waals surface area contributed by atoms with Gasteiger partial charge in [0.25, 0.3) is 5.90 Å². The maximum atomic E-state index is 12.0. The molecule has 0 bridgehead atoms. The van der Waals surface area contributed by atoms with Gasteiger partial charge in [0.15, 0.2) is 0 Å². The molecule has 5 nitrogen and oxygen atoms in total. The lowest BCUT2D eigenvalue weighted by atomic mass is 10.1. The molecule has 0 saturated carbocycles. The van der Waals surface area contributed by atoms with E-state index in [1.165, 1.54) is 12.0 Å². The highest BCUT2D eigenvalue weighted by atomic mass is 35.5. The monoisotopic (exact) mass is 332 g/mol. The second-order valence-corrected chi connectivity index (χ2v) is 4.94. The zero-order valence-electron chi connectivity index (χ0n) is 12.2. The normalized spacial score (nSPS) is 12.7. The van der Waals surface area contributed by atoms with Crippen LogP contribution in [0.4, 0.5) is 4.79 Å². The third-order valence-corrected chi connectivity index (χ3v) is 3.46. The number of carbonyl (C=O) groups excluding carboxylic acids is 1. The topological polar surface area (TPSA) is 51.1 Å². The van der Waals surface area contributed by atoms with Gasteiger partial charge in [-0.1, -0.05) is 23.7 Å². The van der Waals surface area contributed by atoms with Crippen LogP contribution in [-0.4, -0.2) is 37.1 Å². The summed E-state index contributed by atoms with van der Waals surface area (Å²) in [6, 6.07) is 6.86. The van der Waals surface area contributed by atoms with Crippen molar-refractivity contribution in [2.24, 2.45) is 5.16 Å². The van der Waals surface area contributed by atoms with Crippen molar-refractivity contribution < 1.29 is 14.4 Å². The van der Waals surface area contributed by atoms with Crippen LogP contribution >= 0.6 is 23.2 Å². The van der Waals surface area contributed by atoms with Crippen molar-refractivity contribution in [2.75, 3.05) is 20.2 Å². The molecule has 21 heavy (non-hydrogen) atoms. The SMILES string of the molecule is CCN(CC)C(=O)O/C(=N\OC)C(Cl)c1ccc(Cl)cc1. The van der Waals surface area contributed by atoms with E-state index in [0.717, 1.165) is 0 Å². The molecule has 116 valence electrons. The first kappa shape index (κ1) is 17.6. The van der Waals surface area contributed by atoms with Crippen LogP contribution in [0.1, 0.15) is 24.8 Å². The average molecular weight is 333 g/mol. The smallest absolute Gasteiger partial charge is 0.396 e. The van der Waals surface area contributed by atoms with Crippen LogP contribution in [0, 0.1) is 0 Å². The molecule has 0 N–H and O–H groups in total. The lowest BCUT2D eigenvalue weighted by Gasteiger charge is -2.19. The number of alkyl halides is 1. The van der Waals surface area contributed by atoms with Gasteiger partial charge in [-0.2, -0.15) is 0 Å². The van der Waals surface area contributed by atoms with E-state index in [1.54, 1.807) is 24.3 Å². The molecule has 1 aromatic rings. The molecule has 1 atom stereocenters. The Balaban J connectivity index is 2.89. The molecular weight excluding hydrogens is 315 g/mol. The molecule has 0 heterocycles. The Labute approximate surface area is 134 Å². The fourth-order valence-corrected chi connectivity index (χ4v) is 1.97. The minimum absolute atomic E-state index is 0.0154. The standard InChI is InChI=1S/C14H18Cl2N2O3/c1-4-18(5-2)14(19)21-13(17-20-3)12(16)10-6-8-11(15)9-7-10/h6-9,12H,4-5H2,1-3H3/b17-13-. The van der Waals surface area contributed by atoms with Crippen LogP contribution in [0.3, 0.4) is 0 Å². The summed E-state index contributed by atoms with van der Waals surface area (Å²) in [6.45, 7) is 4.78. The summed E-state index contributed by atoms with van der Waals surface area (Å²) < 4.78 is 5.23. The maximum Gasteiger partial charge on any atom is 0.416 e. The Morgan fingerprint density at radius 3 is 2.33 bits per heavy atom. The molecule has 0 spiro atoms. The van der Waals surface area contributed by atoms with Gasteiger partial charge in [-0.05, 0) is 36.7 Å². The Hall–Kier alpha value is -1.46. The van der Waals surface area contributed by atoms with Crippen molar-refractivity contribution in [3.8, 4) is 0 Å². The molecule has 0 fully saturated rings. The quantitative estimate of drug-likeness (QED) is 0.353. The summed E-state index contributed by atoms with van der Waals surface area (Å²) in [4.78, 5) is 18.2. The summed E-state index contributed by atoms with van der Waals surface area (Å²) in [5.74, 6) is -0.0154. The van der Waals surface area contributed by atoms with E-state index in [0.29, 0.717) is 23.7 Å². The first-order valence-electron chi connectivity index (χ1n) is 6.50. The Kier molecular flexibility index (Phi) is 7.32. The maximum absolute atomic E-state index is 12.0. The molecule has 0 saturated heterocycles. The molecule has 1 amide bonds. The molecular formula is C14H18Cl2N2O3. The molecule has 1 rings (SSSR count). The van der Waals surface area contributed by atoms with Crippen LogP contribution in [0.5, 0.6) is 0 Å². The van der Waals surface area contributed by atoms with Crippen molar-refractivity contribution in [2.45, 2.75) is 19.2 Å². The number of oxime groups is 1. The van der Waals surface area contributed by atoms with Gasteiger partial charge < -0.3 is 14.5 Å². The van der Waals surface area contributed by atoms with Crippen LogP contribution in [-0.2, 0) is 9.57 Å². The van der Waals surface area contributed by atoms with Crippen molar-refractivity contribution in [3.05, 3.63) is 34.9 Å². The number of benzene rings is 1. The van der Waals surface area contributed by atoms with Crippen LogP contribution in [0.2, 0.25) is 5.02 Å². The molecule has 0 aliphatic rings. The molecule has 0 aromatic heterocycles. The summed E-state index contributed by atoms with van der Waals surface area (Å²) >= 11 is 12.1. The molecule has 1 aromatic carbocycles. The van der Waals surface area contributed by atoms with E-state index in [-0.39, 0.29) is 5.90 Å². The molecule has 1 unspecified atom stereocenters. The predicted octanol–water partition coefficient (Wildman–Crippen LogP) is 4.06. The second kappa shape index (κ2) is 8.74. The molecule has 0 aliphatic carbocycles. The summed E-state index contributed by atoms with van der Waals surface area (Å²) in [5.41, 5.74) is 0.698. The largest absolute Gasteiger partial charge is 0.416 e. The highest BCUT2D eigenvalue weighted by Gasteiger charge is 2.23. The first-order chi connectivity index (χ1) is 10.0. The molecule has 7 heteroatoms. The lowest BCUT2D eigenvalue weighted by Crippen LogP contribution is -2.33. The molecule has 0 aliphatic heterocycles. The first-order valence-corrected chi connectivity index (χ1v) is 7.32. The van der Waals surface area contributed by atoms with E-state index in [2.05, 4.69) is 5.16 Å². The fourth-order valence-electron chi connectivity index (χ4n) is 1.62. The van der Waals surface area contributed by atoms with Crippen molar-refractivity contribution in [3.63, 3.8) is 0 Å². The van der Waals surface area contributed by atoms with Crippen LogP contribution in [0.15, 0.2) is 29.4 Å². The number of hydrogen-bond acceptors (Lipinski definition) is 4. The van der Waals surface area contributed by atoms with E-state index < -0.39 is 11.5 Å². The van der Waals surface area contributed by atoms with Crippen LogP contribution in [0.25, 0.3) is 0 Å². The summed E-state index contributed by atoms with van der Waals surface area (Å²) in [6.07, 6.45) is -0.518. The van der Waals surface area contributed by atoms with Crippen molar-refractivity contribution >= 4 is 35.2 Å². The number of amides is 1. The zero-order chi connectivity index (χ0) is 15.8. The highest BCUT2D eigenvalue weighted by Crippen LogP contribution is 2.25. The Bertz CT molecular complexity index is 487. The number of halogens is 2. The van der Waals surface area contributed by atoms with Crippen molar-refractivity contribution in [1.82, 2.24) is 4.90 Å². The summed E-state index contributed by atoms with van der Waals surface area (Å²) in [7, 11) is 1.36. The minimum Gasteiger partial charge on any atom is -0.396 e. The van der Waals surface area contributed by atoms with Crippen molar-refractivity contribution in [1.29, 1.82) is 0 Å². The fraction of sp³-hybridized carbons (Fsp3) is 0.429. The number of carbonyl (C=O) groups is 1. The second-order valence-electron chi connectivity index (χ2n) is 4.07. The number of hydrogen-bond donors (Lipinski definition) is 0. The van der Waals surface area contributed by atoms with Gasteiger partial charge in [0.05, 0.1) is 0 Å². The minimum atomic E-state index is -0.748. The van der Waals surface area contributed by atoms with Gasteiger partial charge >= 0.3 is 6.09 Å². The Morgan fingerprint density at radius 2 is 1.86 bits per heavy atom. The van der Waals surface area contributed by atoms with E-state index in [1.807, 2.05) is 13.8 Å². The number of nitrogens with zero attached hydrogens (tertiary/aromatic N) is 2. The van der Waals surface area contributed by atoms with Gasteiger partial charge in [0.2, 0.25) is 0 Å². The average Bonchev–Trinajstić information content (AvgIpc) is 2.48. The van der Waals surface area contributed by atoms with E-state index in [9.17, 15) is 4.79 Å². The third kappa shape index (κ3) is 5.10. The van der Waals surface area contributed by atoms with Gasteiger partial charge in [-0.25, -0.2) is 4.79 Å². The zero-order valence-corrected chi connectivity index (χ0v) is 13.7. The van der Waals surface area contributed by atoms with Gasteiger partial charge in [0, 0.05) is 18.1 Å². The lowest BCUT2D eigenvalue weighted by molar-refractivity contribution is 0.144. The van der Waals surface area contributed by atoms with Gasteiger partial charge in [-0.3, -0.25) is 0 Å². The van der Waals surface area contributed by atoms with Gasteiger partial charge in [0.1, 0.15) is 12.5 Å².